The summed E-state index contributed by atoms with van der Waals surface area (Å²) in [5.74, 6) is 0.638. The lowest BCUT2D eigenvalue weighted by molar-refractivity contribution is -0.121. The Morgan fingerprint density at radius 1 is 1.37 bits per heavy atom. The highest BCUT2D eigenvalue weighted by Gasteiger charge is 2.28. The van der Waals surface area contributed by atoms with Crippen molar-refractivity contribution < 1.29 is 13.2 Å². The van der Waals surface area contributed by atoms with Gasteiger partial charge in [-0.2, -0.15) is 0 Å². The van der Waals surface area contributed by atoms with Gasteiger partial charge in [0.2, 0.25) is 5.91 Å². The smallest absolute Gasteiger partial charge is 0.222 e. The fourth-order valence-corrected chi connectivity index (χ4v) is 4.48. The van der Waals surface area contributed by atoms with Gasteiger partial charge in [-0.3, -0.25) is 9.79 Å². The molecule has 0 saturated carbocycles. The van der Waals surface area contributed by atoms with Crippen LogP contribution in [0.4, 0.5) is 0 Å². The van der Waals surface area contributed by atoms with E-state index in [0.29, 0.717) is 37.2 Å². The number of amides is 1. The standard InChI is InChI=1S/C17H26ClN5O3S/c1-2-19-17(20-8-5-13-3-4-15(18)22-11-13)21-9-6-16(24)23-14-7-10-27(25,26)12-14/h3-4,11,14H,2,5-10,12H2,1H3,(H,23,24)(H2,19,20,21). The lowest BCUT2D eigenvalue weighted by Gasteiger charge is -2.12. The van der Waals surface area contributed by atoms with Gasteiger partial charge in [-0.1, -0.05) is 17.7 Å². The maximum atomic E-state index is 11.9. The van der Waals surface area contributed by atoms with Crippen LogP contribution in [0.5, 0.6) is 0 Å². The number of hydrogen-bond donors (Lipinski definition) is 3. The van der Waals surface area contributed by atoms with Crippen LogP contribution in [0.25, 0.3) is 0 Å². The van der Waals surface area contributed by atoms with E-state index >= 15 is 0 Å². The normalized spacial score (nSPS) is 18.9. The maximum Gasteiger partial charge on any atom is 0.222 e. The van der Waals surface area contributed by atoms with Crippen molar-refractivity contribution in [1.29, 1.82) is 0 Å². The largest absolute Gasteiger partial charge is 0.357 e. The first-order valence-electron chi connectivity index (χ1n) is 9.00. The van der Waals surface area contributed by atoms with E-state index in [-0.39, 0.29) is 29.9 Å². The van der Waals surface area contributed by atoms with Crippen LogP contribution in [0.3, 0.4) is 0 Å². The molecule has 0 aliphatic carbocycles. The summed E-state index contributed by atoms with van der Waals surface area (Å²) in [7, 11) is -2.99. The van der Waals surface area contributed by atoms with Crippen molar-refractivity contribution in [3.8, 4) is 0 Å². The molecule has 0 radical (unpaired) electrons. The lowest BCUT2D eigenvalue weighted by atomic mass is 10.2. The first-order chi connectivity index (χ1) is 12.9. The molecule has 150 valence electrons. The Kier molecular flexibility index (Phi) is 8.30. The molecule has 0 bridgehead atoms. The highest BCUT2D eigenvalue weighted by atomic mass is 35.5. The van der Waals surface area contributed by atoms with Crippen LogP contribution in [-0.4, -0.2) is 62.5 Å². The number of sulfone groups is 1. The van der Waals surface area contributed by atoms with E-state index in [1.807, 2.05) is 13.0 Å². The number of carbonyl (C=O) groups is 1. The summed E-state index contributed by atoms with van der Waals surface area (Å²) in [5, 5.41) is 9.57. The second kappa shape index (κ2) is 10.5. The van der Waals surface area contributed by atoms with Gasteiger partial charge in [-0.15, -0.1) is 0 Å². The van der Waals surface area contributed by atoms with E-state index in [2.05, 4.69) is 25.9 Å². The highest BCUT2D eigenvalue weighted by molar-refractivity contribution is 7.91. The molecule has 1 aromatic heterocycles. The van der Waals surface area contributed by atoms with Crippen LogP contribution in [0.15, 0.2) is 23.3 Å². The monoisotopic (exact) mass is 415 g/mol. The van der Waals surface area contributed by atoms with E-state index in [1.165, 1.54) is 0 Å². The number of guanidine groups is 1. The number of nitrogens with zero attached hydrogens (tertiary/aromatic N) is 2. The van der Waals surface area contributed by atoms with Crippen LogP contribution in [0, 0.1) is 0 Å². The minimum absolute atomic E-state index is 0.0335. The number of halogens is 1. The average molecular weight is 416 g/mol. The summed E-state index contributed by atoms with van der Waals surface area (Å²) >= 11 is 5.77. The summed E-state index contributed by atoms with van der Waals surface area (Å²) in [6, 6.07) is 3.41. The Bertz CT molecular complexity index is 752. The topological polar surface area (TPSA) is 113 Å². The van der Waals surface area contributed by atoms with E-state index in [9.17, 15) is 13.2 Å². The van der Waals surface area contributed by atoms with Crippen molar-refractivity contribution in [1.82, 2.24) is 20.9 Å². The Labute approximate surface area is 165 Å². The molecule has 1 aliphatic rings. The average Bonchev–Trinajstić information content (AvgIpc) is 2.95. The molecular weight excluding hydrogens is 390 g/mol. The molecule has 0 aromatic carbocycles. The van der Waals surface area contributed by atoms with Crippen LogP contribution in [-0.2, 0) is 21.1 Å². The molecule has 1 amide bonds. The number of aromatic nitrogens is 1. The van der Waals surface area contributed by atoms with Crippen molar-refractivity contribution in [2.24, 2.45) is 4.99 Å². The summed E-state index contributed by atoms with van der Waals surface area (Å²) in [5.41, 5.74) is 1.06. The molecule has 1 aliphatic heterocycles. The van der Waals surface area contributed by atoms with Crippen molar-refractivity contribution in [3.05, 3.63) is 29.0 Å². The van der Waals surface area contributed by atoms with Gasteiger partial charge in [0.05, 0.1) is 18.1 Å². The third-order valence-electron chi connectivity index (χ3n) is 4.05. The third kappa shape index (κ3) is 8.13. The molecule has 3 N–H and O–H groups in total. The molecule has 10 heteroatoms. The Balaban J connectivity index is 1.72. The van der Waals surface area contributed by atoms with Gasteiger partial charge in [0, 0.05) is 31.7 Å². The second-order valence-electron chi connectivity index (χ2n) is 6.34. The maximum absolute atomic E-state index is 11.9. The fraction of sp³-hybridized carbons (Fsp3) is 0.588. The van der Waals surface area contributed by atoms with Gasteiger partial charge in [0.1, 0.15) is 5.15 Å². The number of nitrogens with one attached hydrogen (secondary N) is 3. The highest BCUT2D eigenvalue weighted by Crippen LogP contribution is 2.11. The lowest BCUT2D eigenvalue weighted by Crippen LogP contribution is -2.39. The minimum atomic E-state index is -2.99. The Morgan fingerprint density at radius 3 is 2.81 bits per heavy atom. The SMILES string of the molecule is CCNC(=NCCC(=O)NC1CCS(=O)(=O)C1)NCCc1ccc(Cl)nc1. The van der Waals surface area contributed by atoms with Gasteiger partial charge in [0.15, 0.2) is 15.8 Å². The summed E-state index contributed by atoms with van der Waals surface area (Å²) in [6.07, 6.45) is 3.21. The molecule has 1 aromatic rings. The number of rotatable bonds is 8. The quantitative estimate of drug-likeness (QED) is 0.324. The first kappa shape index (κ1) is 21.4. The summed E-state index contributed by atoms with van der Waals surface area (Å²) in [6.45, 7) is 3.67. The van der Waals surface area contributed by atoms with Gasteiger partial charge in [-0.25, -0.2) is 13.4 Å². The zero-order valence-corrected chi connectivity index (χ0v) is 16.9. The Hall–Kier alpha value is -1.87. The zero-order valence-electron chi connectivity index (χ0n) is 15.4. The van der Waals surface area contributed by atoms with Crippen molar-refractivity contribution in [2.75, 3.05) is 31.1 Å². The second-order valence-corrected chi connectivity index (χ2v) is 8.96. The first-order valence-corrected chi connectivity index (χ1v) is 11.2. The van der Waals surface area contributed by atoms with Crippen molar-refractivity contribution in [2.45, 2.75) is 32.2 Å². The number of pyridine rings is 1. The summed E-state index contributed by atoms with van der Waals surface area (Å²) < 4.78 is 22.8. The molecule has 1 atom stereocenters. The molecule has 1 fully saturated rings. The van der Waals surface area contributed by atoms with Crippen molar-refractivity contribution in [3.63, 3.8) is 0 Å². The van der Waals surface area contributed by atoms with Crippen LogP contribution >= 0.6 is 11.6 Å². The van der Waals surface area contributed by atoms with Gasteiger partial charge in [-0.05, 0) is 31.4 Å². The van der Waals surface area contributed by atoms with E-state index in [1.54, 1.807) is 12.3 Å². The predicted molar refractivity (Wildman–Crippen MR) is 107 cm³/mol. The molecular formula is C17H26ClN5O3S. The molecule has 8 nitrogen and oxygen atoms in total. The molecule has 1 saturated heterocycles. The van der Waals surface area contributed by atoms with Gasteiger partial charge < -0.3 is 16.0 Å². The molecule has 0 spiro atoms. The van der Waals surface area contributed by atoms with Gasteiger partial charge in [0.25, 0.3) is 0 Å². The molecule has 2 rings (SSSR count). The Morgan fingerprint density at radius 2 is 2.19 bits per heavy atom. The van der Waals surface area contributed by atoms with Crippen LogP contribution < -0.4 is 16.0 Å². The van der Waals surface area contributed by atoms with E-state index in [0.717, 1.165) is 12.0 Å². The molecule has 2 heterocycles. The van der Waals surface area contributed by atoms with Crippen molar-refractivity contribution >= 4 is 33.3 Å². The van der Waals surface area contributed by atoms with Gasteiger partial charge >= 0.3 is 0 Å². The van der Waals surface area contributed by atoms with E-state index < -0.39 is 9.84 Å². The number of carbonyl (C=O) groups excluding carboxylic acids is 1. The number of aliphatic imine (C=N–C) groups is 1. The third-order valence-corrected chi connectivity index (χ3v) is 6.04. The predicted octanol–water partition coefficient (Wildman–Crippen LogP) is 0.526. The zero-order chi connectivity index (χ0) is 19.7. The minimum Gasteiger partial charge on any atom is -0.357 e. The molecule has 27 heavy (non-hydrogen) atoms. The van der Waals surface area contributed by atoms with E-state index in [4.69, 9.17) is 11.6 Å². The number of hydrogen-bond acceptors (Lipinski definition) is 5. The van der Waals surface area contributed by atoms with Crippen LogP contribution in [0.1, 0.15) is 25.3 Å². The molecule has 1 unspecified atom stereocenters. The van der Waals surface area contributed by atoms with Crippen LogP contribution in [0.2, 0.25) is 5.15 Å². The summed E-state index contributed by atoms with van der Waals surface area (Å²) in [4.78, 5) is 20.4. The fourth-order valence-electron chi connectivity index (χ4n) is 2.70.